The minimum Gasteiger partial charge on any atom is -0.349 e. The second-order valence-electron chi connectivity index (χ2n) is 6.02. The summed E-state index contributed by atoms with van der Waals surface area (Å²) in [6.07, 6.45) is 4.29. The Labute approximate surface area is 149 Å². The molecule has 0 bridgehead atoms. The Morgan fingerprint density at radius 3 is 2.42 bits per heavy atom. The molecule has 6 nitrogen and oxygen atoms in total. The van der Waals surface area contributed by atoms with Crippen LogP contribution < -0.4 is 10.6 Å². The van der Waals surface area contributed by atoms with E-state index in [4.69, 9.17) is 0 Å². The lowest BCUT2D eigenvalue weighted by Gasteiger charge is -2.32. The van der Waals surface area contributed by atoms with Crippen LogP contribution in [0.2, 0.25) is 0 Å². The minimum absolute atomic E-state index is 0.0396. The monoisotopic (exact) mass is 360 g/mol. The van der Waals surface area contributed by atoms with Crippen LogP contribution in [0.3, 0.4) is 0 Å². The average Bonchev–Trinajstić information content (AvgIpc) is 2.65. The summed E-state index contributed by atoms with van der Waals surface area (Å²) < 4.78 is 26.5. The number of likely N-dealkylation sites (tertiary alicyclic amines) is 1. The van der Waals surface area contributed by atoms with E-state index in [1.54, 1.807) is 24.5 Å². The first-order valence-electron chi connectivity index (χ1n) is 8.25. The van der Waals surface area contributed by atoms with E-state index in [9.17, 15) is 18.4 Å². The average molecular weight is 360 g/mol. The van der Waals surface area contributed by atoms with Gasteiger partial charge >= 0.3 is 6.03 Å². The molecule has 2 N–H and O–H groups in total. The Morgan fingerprint density at radius 1 is 1.08 bits per heavy atom. The van der Waals surface area contributed by atoms with Gasteiger partial charge in [-0.25, -0.2) is 13.6 Å². The fraction of sp³-hybridized carbons (Fsp3) is 0.278. The van der Waals surface area contributed by atoms with Gasteiger partial charge in [-0.3, -0.25) is 9.78 Å². The molecule has 3 amide bonds. The van der Waals surface area contributed by atoms with E-state index in [0.717, 1.165) is 12.1 Å². The summed E-state index contributed by atoms with van der Waals surface area (Å²) in [5.41, 5.74) is 0.469. The first-order chi connectivity index (χ1) is 12.5. The van der Waals surface area contributed by atoms with Gasteiger partial charge in [0.05, 0.1) is 5.69 Å². The number of hydrogen-bond donors (Lipinski definition) is 2. The summed E-state index contributed by atoms with van der Waals surface area (Å²) in [4.78, 5) is 29.8. The van der Waals surface area contributed by atoms with Crippen molar-refractivity contribution in [3.05, 3.63) is 59.9 Å². The van der Waals surface area contributed by atoms with Gasteiger partial charge in [0.1, 0.15) is 11.6 Å². The number of halogens is 2. The largest absolute Gasteiger partial charge is 0.349 e. The van der Waals surface area contributed by atoms with E-state index >= 15 is 0 Å². The second-order valence-corrected chi connectivity index (χ2v) is 6.02. The highest BCUT2D eigenvalue weighted by Crippen LogP contribution is 2.17. The predicted octanol–water partition coefficient (Wildman–Crippen LogP) is 2.79. The number of hydrogen-bond acceptors (Lipinski definition) is 3. The topological polar surface area (TPSA) is 74.3 Å². The molecule has 26 heavy (non-hydrogen) atoms. The summed E-state index contributed by atoms with van der Waals surface area (Å²) in [5, 5.41) is 5.37. The van der Waals surface area contributed by atoms with Crippen molar-refractivity contribution in [1.29, 1.82) is 0 Å². The highest BCUT2D eigenvalue weighted by atomic mass is 19.1. The van der Waals surface area contributed by atoms with Crippen molar-refractivity contribution < 1.29 is 18.4 Å². The molecule has 2 aromatic rings. The fourth-order valence-corrected chi connectivity index (χ4v) is 2.78. The summed E-state index contributed by atoms with van der Waals surface area (Å²) in [5.74, 6) is -1.70. The molecule has 0 saturated carbocycles. The molecule has 1 fully saturated rings. The molecule has 0 aliphatic carbocycles. The van der Waals surface area contributed by atoms with Crippen LogP contribution in [0, 0.1) is 11.6 Å². The first-order valence-corrected chi connectivity index (χ1v) is 8.25. The highest BCUT2D eigenvalue weighted by molar-refractivity contribution is 5.94. The summed E-state index contributed by atoms with van der Waals surface area (Å²) >= 11 is 0. The molecule has 136 valence electrons. The summed E-state index contributed by atoms with van der Waals surface area (Å²) in [6.45, 7) is 0.853. The molecular weight excluding hydrogens is 342 g/mol. The lowest BCUT2D eigenvalue weighted by Crippen LogP contribution is -2.47. The maximum absolute atomic E-state index is 13.6. The quantitative estimate of drug-likeness (QED) is 0.884. The van der Waals surface area contributed by atoms with E-state index in [1.165, 1.54) is 11.0 Å². The van der Waals surface area contributed by atoms with Crippen LogP contribution in [0.1, 0.15) is 23.2 Å². The van der Waals surface area contributed by atoms with Gasteiger partial charge in [-0.1, -0.05) is 0 Å². The molecule has 0 unspecified atom stereocenters. The number of rotatable bonds is 3. The zero-order valence-corrected chi connectivity index (χ0v) is 13.9. The Bertz CT molecular complexity index is 793. The second kappa shape index (κ2) is 7.90. The molecule has 1 aromatic heterocycles. The molecule has 3 rings (SSSR count). The fourth-order valence-electron chi connectivity index (χ4n) is 2.78. The Kier molecular flexibility index (Phi) is 5.40. The number of pyridine rings is 1. The Balaban J connectivity index is 1.50. The van der Waals surface area contributed by atoms with Gasteiger partial charge in [0, 0.05) is 43.2 Å². The maximum atomic E-state index is 13.6. The van der Waals surface area contributed by atoms with E-state index in [1.807, 2.05) is 0 Å². The summed E-state index contributed by atoms with van der Waals surface area (Å²) in [7, 11) is 0. The van der Waals surface area contributed by atoms with Crippen molar-refractivity contribution in [2.45, 2.75) is 18.9 Å². The number of nitrogens with zero attached hydrogens (tertiary/aromatic N) is 2. The molecule has 2 heterocycles. The van der Waals surface area contributed by atoms with Gasteiger partial charge in [-0.2, -0.15) is 0 Å². The van der Waals surface area contributed by atoms with Crippen molar-refractivity contribution in [3.8, 4) is 0 Å². The van der Waals surface area contributed by atoms with Crippen LogP contribution in [-0.2, 0) is 0 Å². The van der Waals surface area contributed by atoms with Crippen molar-refractivity contribution in [2.75, 3.05) is 18.4 Å². The number of piperidine rings is 1. The van der Waals surface area contributed by atoms with Gasteiger partial charge < -0.3 is 15.5 Å². The smallest absolute Gasteiger partial charge is 0.321 e. The van der Waals surface area contributed by atoms with Gasteiger partial charge in [0.2, 0.25) is 0 Å². The number of aromatic nitrogens is 1. The number of anilines is 1. The van der Waals surface area contributed by atoms with E-state index in [2.05, 4.69) is 15.6 Å². The number of amides is 3. The Morgan fingerprint density at radius 2 is 1.77 bits per heavy atom. The number of urea groups is 1. The first kappa shape index (κ1) is 17.8. The zero-order chi connectivity index (χ0) is 18.5. The third kappa shape index (κ3) is 4.33. The number of nitrogens with one attached hydrogen (secondary N) is 2. The number of carbonyl (C=O) groups is 2. The molecule has 8 heteroatoms. The van der Waals surface area contributed by atoms with E-state index in [-0.39, 0.29) is 17.6 Å². The van der Waals surface area contributed by atoms with Gasteiger partial charge in [-0.15, -0.1) is 0 Å². The van der Waals surface area contributed by atoms with Crippen molar-refractivity contribution in [3.63, 3.8) is 0 Å². The van der Waals surface area contributed by atoms with Crippen molar-refractivity contribution in [2.24, 2.45) is 0 Å². The molecule has 1 aliphatic heterocycles. The van der Waals surface area contributed by atoms with Crippen molar-refractivity contribution in [1.82, 2.24) is 15.2 Å². The molecule has 1 saturated heterocycles. The van der Waals surface area contributed by atoms with E-state index in [0.29, 0.717) is 31.5 Å². The maximum Gasteiger partial charge on any atom is 0.321 e. The molecule has 0 atom stereocenters. The van der Waals surface area contributed by atoms with Crippen LogP contribution in [0.15, 0.2) is 42.7 Å². The van der Waals surface area contributed by atoms with Crippen LogP contribution in [0.25, 0.3) is 0 Å². The standard InChI is InChI=1S/C18H18F2N4O2/c19-13-1-2-16(15(20)11-13)23-18(26)24-9-5-14(6-10-24)22-17(25)12-3-7-21-8-4-12/h1-4,7-8,11,14H,5-6,9-10H2,(H,22,25)(H,23,26). The van der Waals surface area contributed by atoms with Crippen LogP contribution in [-0.4, -0.2) is 41.0 Å². The minimum atomic E-state index is -0.821. The predicted molar refractivity (Wildman–Crippen MR) is 91.7 cm³/mol. The van der Waals surface area contributed by atoms with Crippen LogP contribution in [0.5, 0.6) is 0 Å². The number of benzene rings is 1. The van der Waals surface area contributed by atoms with Crippen LogP contribution >= 0.6 is 0 Å². The molecule has 1 aliphatic rings. The zero-order valence-electron chi connectivity index (χ0n) is 13.9. The normalized spacial score (nSPS) is 14.8. The molecule has 0 spiro atoms. The molecular formula is C18H18F2N4O2. The molecule has 0 radical (unpaired) electrons. The number of carbonyl (C=O) groups excluding carboxylic acids is 2. The third-order valence-electron chi connectivity index (χ3n) is 4.23. The van der Waals surface area contributed by atoms with E-state index < -0.39 is 17.7 Å². The summed E-state index contributed by atoms with van der Waals surface area (Å²) in [6, 6.07) is 5.77. The lowest BCUT2D eigenvalue weighted by molar-refractivity contribution is 0.0919. The SMILES string of the molecule is O=C(NC1CCN(C(=O)Nc2ccc(F)cc2F)CC1)c1ccncc1. The van der Waals surface area contributed by atoms with Crippen LogP contribution in [0.4, 0.5) is 19.3 Å². The van der Waals surface area contributed by atoms with Gasteiger partial charge in [0.25, 0.3) is 5.91 Å². The third-order valence-corrected chi connectivity index (χ3v) is 4.23. The van der Waals surface area contributed by atoms with Gasteiger partial charge in [-0.05, 0) is 37.1 Å². The van der Waals surface area contributed by atoms with Gasteiger partial charge in [0.15, 0.2) is 0 Å². The van der Waals surface area contributed by atoms with Crippen molar-refractivity contribution >= 4 is 17.6 Å². The lowest BCUT2D eigenvalue weighted by atomic mass is 10.0. The molecule has 1 aromatic carbocycles. The highest BCUT2D eigenvalue weighted by Gasteiger charge is 2.24. The Hall–Kier alpha value is -3.03.